The van der Waals surface area contributed by atoms with E-state index in [2.05, 4.69) is 16.0 Å². The van der Waals surface area contributed by atoms with Crippen LogP contribution in [0.4, 0.5) is 0 Å². The number of carboxylic acid groups (broad SMARTS) is 1. The molecule has 7 N–H and O–H groups in total. The first-order valence-corrected chi connectivity index (χ1v) is 12.4. The first kappa shape index (κ1) is 28.5. The Morgan fingerprint density at radius 3 is 1.80 bits per heavy atom. The van der Waals surface area contributed by atoms with Gasteiger partial charge in [-0.1, -0.05) is 13.8 Å². The Morgan fingerprint density at radius 1 is 0.867 bits per heavy atom. The zero-order valence-electron chi connectivity index (χ0n) is 17.8. The van der Waals surface area contributed by atoms with Gasteiger partial charge in [0, 0.05) is 0 Å². The number of aliphatic hydroxyl groups excluding tert-OH is 1. The lowest BCUT2D eigenvalue weighted by Gasteiger charge is -2.27. The Bertz CT molecular complexity index is 579. The highest BCUT2D eigenvalue weighted by atomic mass is 32.2. The second-order valence-corrected chi connectivity index (χ2v) is 9.01. The number of hydrogen-bond donors (Lipinski definition) is 6. The third-order valence-electron chi connectivity index (χ3n) is 4.25. The van der Waals surface area contributed by atoms with Crippen LogP contribution in [0.15, 0.2) is 0 Å². The number of carbonyl (C=O) groups excluding carboxylic acids is 3. The zero-order chi connectivity index (χ0) is 23.3. The van der Waals surface area contributed by atoms with Gasteiger partial charge in [-0.05, 0) is 42.8 Å². The van der Waals surface area contributed by atoms with Crippen molar-refractivity contribution in [3.05, 3.63) is 0 Å². The summed E-state index contributed by atoms with van der Waals surface area (Å²) in [5.74, 6) is -2.19. The Morgan fingerprint density at radius 2 is 1.37 bits per heavy atom. The molecule has 12 heteroatoms. The van der Waals surface area contributed by atoms with Crippen LogP contribution in [-0.2, 0) is 19.2 Å². The van der Waals surface area contributed by atoms with Crippen molar-refractivity contribution < 1.29 is 29.4 Å². The quantitative estimate of drug-likeness (QED) is 0.177. The third kappa shape index (κ3) is 10.5. The molecule has 0 radical (unpaired) electrons. The molecule has 0 aromatic rings. The molecule has 0 aromatic heterocycles. The molecule has 3 amide bonds. The van der Waals surface area contributed by atoms with Crippen LogP contribution in [0.5, 0.6) is 0 Å². The summed E-state index contributed by atoms with van der Waals surface area (Å²) < 4.78 is 0. The first-order valence-electron chi connectivity index (χ1n) is 9.57. The van der Waals surface area contributed by atoms with Gasteiger partial charge >= 0.3 is 5.97 Å². The summed E-state index contributed by atoms with van der Waals surface area (Å²) >= 11 is 2.95. The summed E-state index contributed by atoms with van der Waals surface area (Å²) in [5.41, 5.74) is 5.49. The minimum absolute atomic E-state index is 0.256. The highest BCUT2D eigenvalue weighted by Gasteiger charge is 2.31. The molecule has 0 aliphatic carbocycles. The van der Waals surface area contributed by atoms with E-state index < -0.39 is 54.5 Å². The van der Waals surface area contributed by atoms with E-state index in [0.717, 1.165) is 0 Å². The lowest BCUT2D eigenvalue weighted by Crippen LogP contribution is -2.58. The maximum absolute atomic E-state index is 12.8. The number of aliphatic hydroxyl groups is 1. The number of amides is 3. The molecule has 0 aliphatic rings. The van der Waals surface area contributed by atoms with Gasteiger partial charge in [-0.2, -0.15) is 23.5 Å². The lowest BCUT2D eigenvalue weighted by molar-refractivity contribution is -0.142. The third-order valence-corrected chi connectivity index (χ3v) is 5.54. The Balaban J connectivity index is 5.28. The van der Waals surface area contributed by atoms with E-state index in [1.807, 2.05) is 12.5 Å². The molecular formula is C18H34N4O6S2. The van der Waals surface area contributed by atoms with Crippen molar-refractivity contribution in [3.8, 4) is 0 Å². The Kier molecular flexibility index (Phi) is 14.6. The molecule has 0 aromatic carbocycles. The van der Waals surface area contributed by atoms with Crippen LogP contribution in [-0.4, -0.2) is 88.7 Å². The number of hydrogen-bond acceptors (Lipinski definition) is 8. The summed E-state index contributed by atoms with van der Waals surface area (Å²) in [6.07, 6.45) is 4.24. The number of nitrogens with two attached hydrogens (primary N) is 1. The average molecular weight is 467 g/mol. The van der Waals surface area contributed by atoms with Crippen LogP contribution in [0.3, 0.4) is 0 Å². The number of aliphatic carboxylic acids is 1. The summed E-state index contributed by atoms with van der Waals surface area (Å²) in [7, 11) is 0. The fourth-order valence-corrected chi connectivity index (χ4v) is 3.35. The highest BCUT2D eigenvalue weighted by Crippen LogP contribution is 2.08. The second kappa shape index (κ2) is 15.3. The molecular weight excluding hydrogens is 432 g/mol. The molecule has 0 fully saturated rings. The molecule has 0 saturated heterocycles. The van der Waals surface area contributed by atoms with Crippen molar-refractivity contribution in [1.82, 2.24) is 16.0 Å². The van der Waals surface area contributed by atoms with E-state index >= 15 is 0 Å². The number of thioether (sulfide) groups is 2. The average Bonchev–Trinajstić information content (AvgIpc) is 2.70. The number of nitrogens with one attached hydrogen (secondary N) is 3. The van der Waals surface area contributed by atoms with Gasteiger partial charge in [0.25, 0.3) is 0 Å². The molecule has 0 aliphatic heterocycles. The molecule has 0 bridgehead atoms. The second-order valence-electron chi connectivity index (χ2n) is 7.04. The van der Waals surface area contributed by atoms with E-state index in [4.69, 9.17) is 10.8 Å². The molecule has 4 atom stereocenters. The van der Waals surface area contributed by atoms with Gasteiger partial charge < -0.3 is 31.9 Å². The Hall–Kier alpha value is -1.50. The smallest absolute Gasteiger partial charge is 0.326 e. The van der Waals surface area contributed by atoms with Gasteiger partial charge in [-0.25, -0.2) is 4.79 Å². The molecule has 0 saturated carbocycles. The Labute approximate surface area is 185 Å². The van der Waals surface area contributed by atoms with Crippen LogP contribution in [0.25, 0.3) is 0 Å². The largest absolute Gasteiger partial charge is 0.480 e. The van der Waals surface area contributed by atoms with Gasteiger partial charge in [0.2, 0.25) is 17.7 Å². The molecule has 0 rings (SSSR count). The van der Waals surface area contributed by atoms with Crippen LogP contribution in [0, 0.1) is 5.92 Å². The molecule has 0 heterocycles. The number of carbonyl (C=O) groups is 4. The van der Waals surface area contributed by atoms with Crippen molar-refractivity contribution in [2.75, 3.05) is 30.6 Å². The molecule has 0 spiro atoms. The van der Waals surface area contributed by atoms with Crippen LogP contribution >= 0.6 is 23.5 Å². The summed E-state index contributed by atoms with van der Waals surface area (Å²) in [5, 5.41) is 25.9. The summed E-state index contributed by atoms with van der Waals surface area (Å²) in [6, 6.07) is -4.14. The van der Waals surface area contributed by atoms with Crippen molar-refractivity contribution in [3.63, 3.8) is 0 Å². The summed E-state index contributed by atoms with van der Waals surface area (Å²) in [4.78, 5) is 48.8. The molecule has 10 nitrogen and oxygen atoms in total. The molecule has 4 unspecified atom stereocenters. The number of rotatable bonds is 15. The van der Waals surface area contributed by atoms with E-state index in [1.165, 1.54) is 23.5 Å². The first-order chi connectivity index (χ1) is 14.1. The summed E-state index contributed by atoms with van der Waals surface area (Å²) in [6.45, 7) is 2.88. The maximum Gasteiger partial charge on any atom is 0.326 e. The van der Waals surface area contributed by atoms with Gasteiger partial charge in [0.05, 0.1) is 6.61 Å². The van der Waals surface area contributed by atoms with E-state index in [9.17, 15) is 24.3 Å². The van der Waals surface area contributed by atoms with Crippen molar-refractivity contribution in [1.29, 1.82) is 0 Å². The topological polar surface area (TPSA) is 171 Å². The molecule has 174 valence electrons. The fourth-order valence-electron chi connectivity index (χ4n) is 2.41. The zero-order valence-corrected chi connectivity index (χ0v) is 19.5. The minimum Gasteiger partial charge on any atom is -0.480 e. The van der Waals surface area contributed by atoms with Crippen molar-refractivity contribution in [2.45, 2.75) is 50.9 Å². The van der Waals surface area contributed by atoms with Crippen molar-refractivity contribution in [2.24, 2.45) is 11.7 Å². The van der Waals surface area contributed by atoms with Crippen LogP contribution in [0.2, 0.25) is 0 Å². The molecule has 30 heavy (non-hydrogen) atoms. The monoisotopic (exact) mass is 466 g/mol. The van der Waals surface area contributed by atoms with Gasteiger partial charge in [-0.15, -0.1) is 0 Å². The fraction of sp³-hybridized carbons (Fsp3) is 0.778. The number of carboxylic acids is 1. The predicted molar refractivity (Wildman–Crippen MR) is 119 cm³/mol. The van der Waals surface area contributed by atoms with Crippen LogP contribution < -0.4 is 21.7 Å². The SMILES string of the molecule is CSCCC(NC(=O)C(NC(=O)C(CCSC)NC(=O)C(N)CO)C(C)C)C(=O)O. The predicted octanol–water partition coefficient (Wildman–Crippen LogP) is -0.993. The van der Waals surface area contributed by atoms with E-state index in [-0.39, 0.29) is 12.3 Å². The van der Waals surface area contributed by atoms with Gasteiger partial charge in [0.15, 0.2) is 0 Å². The standard InChI is InChI=1S/C18H34N4O6S2/c1-10(2)14(17(26)21-13(18(27)28)6-8-30-4)22-16(25)12(5-7-29-3)20-15(24)11(19)9-23/h10-14,23H,5-9,19H2,1-4H3,(H,20,24)(H,21,26)(H,22,25)(H,27,28). The van der Waals surface area contributed by atoms with Gasteiger partial charge in [0.1, 0.15) is 24.2 Å². The van der Waals surface area contributed by atoms with Gasteiger partial charge in [-0.3, -0.25) is 14.4 Å². The normalized spacial score (nSPS) is 15.0. The highest BCUT2D eigenvalue weighted by molar-refractivity contribution is 7.98. The van der Waals surface area contributed by atoms with Crippen LogP contribution in [0.1, 0.15) is 26.7 Å². The lowest BCUT2D eigenvalue weighted by atomic mass is 10.0. The van der Waals surface area contributed by atoms with Crippen molar-refractivity contribution >= 4 is 47.2 Å². The van der Waals surface area contributed by atoms with E-state index in [1.54, 1.807) is 13.8 Å². The van der Waals surface area contributed by atoms with E-state index in [0.29, 0.717) is 17.9 Å². The maximum atomic E-state index is 12.8. The minimum atomic E-state index is -1.16.